The molecule has 0 aromatic heterocycles. The van der Waals surface area contributed by atoms with E-state index in [1.54, 1.807) is 12.1 Å². The van der Waals surface area contributed by atoms with E-state index in [-0.39, 0.29) is 17.7 Å². The van der Waals surface area contributed by atoms with Crippen molar-refractivity contribution in [2.45, 2.75) is 18.3 Å². The molecule has 0 saturated carbocycles. The Kier molecular flexibility index (Phi) is 4.48. The van der Waals surface area contributed by atoms with Crippen LogP contribution in [0.2, 0.25) is 10.0 Å². The van der Waals surface area contributed by atoms with E-state index < -0.39 is 0 Å². The minimum absolute atomic E-state index is 0.0657. The van der Waals surface area contributed by atoms with E-state index in [4.69, 9.17) is 23.2 Å². The molecule has 2 unspecified atom stereocenters. The molecule has 110 valence electrons. The van der Waals surface area contributed by atoms with Crippen LogP contribution in [-0.4, -0.2) is 13.1 Å². The molecule has 4 heteroatoms. The second-order valence-corrected chi connectivity index (χ2v) is 6.24. The second-order valence-electron chi connectivity index (χ2n) is 5.39. The Labute approximate surface area is 134 Å². The summed E-state index contributed by atoms with van der Waals surface area (Å²) in [5, 5.41) is 4.72. The third-order valence-corrected chi connectivity index (χ3v) is 4.72. The van der Waals surface area contributed by atoms with Crippen molar-refractivity contribution in [2.75, 3.05) is 13.1 Å². The van der Waals surface area contributed by atoms with Crippen molar-refractivity contribution >= 4 is 23.2 Å². The number of rotatable bonds is 2. The van der Waals surface area contributed by atoms with Crippen molar-refractivity contribution in [3.63, 3.8) is 0 Å². The highest BCUT2D eigenvalue weighted by atomic mass is 35.5. The topological polar surface area (TPSA) is 12.0 Å². The van der Waals surface area contributed by atoms with Crippen molar-refractivity contribution in [3.8, 4) is 0 Å². The van der Waals surface area contributed by atoms with Gasteiger partial charge in [0.25, 0.3) is 0 Å². The van der Waals surface area contributed by atoms with Crippen LogP contribution in [0.25, 0.3) is 0 Å². The third kappa shape index (κ3) is 3.08. The quantitative estimate of drug-likeness (QED) is 0.820. The molecule has 1 aliphatic heterocycles. The average Bonchev–Trinajstić information content (AvgIpc) is 2.50. The monoisotopic (exact) mass is 323 g/mol. The molecule has 0 spiro atoms. The van der Waals surface area contributed by atoms with Crippen molar-refractivity contribution in [1.29, 1.82) is 0 Å². The van der Waals surface area contributed by atoms with Gasteiger partial charge in [0.1, 0.15) is 5.82 Å². The van der Waals surface area contributed by atoms with Gasteiger partial charge in [-0.25, -0.2) is 4.39 Å². The summed E-state index contributed by atoms with van der Waals surface area (Å²) in [5.74, 6) is 0.0830. The lowest BCUT2D eigenvalue weighted by molar-refractivity contribution is 0.394. The molecule has 21 heavy (non-hydrogen) atoms. The first-order valence-corrected chi connectivity index (χ1v) is 7.82. The summed E-state index contributed by atoms with van der Waals surface area (Å²) in [6.07, 6.45) is 0.916. The lowest BCUT2D eigenvalue weighted by Crippen LogP contribution is -2.34. The highest BCUT2D eigenvalue weighted by molar-refractivity contribution is 6.33. The fraction of sp³-hybridized carbons (Fsp3) is 0.294. The van der Waals surface area contributed by atoms with E-state index >= 15 is 0 Å². The van der Waals surface area contributed by atoms with Gasteiger partial charge in [0.2, 0.25) is 0 Å². The van der Waals surface area contributed by atoms with Crippen LogP contribution in [0.1, 0.15) is 29.4 Å². The van der Waals surface area contributed by atoms with Crippen LogP contribution in [0.15, 0.2) is 42.5 Å². The van der Waals surface area contributed by atoms with E-state index in [1.165, 1.54) is 6.07 Å². The summed E-state index contributed by atoms with van der Waals surface area (Å²) >= 11 is 12.5. The molecule has 1 nitrogen and oxygen atoms in total. The van der Waals surface area contributed by atoms with Crippen LogP contribution in [0.3, 0.4) is 0 Å². The zero-order valence-corrected chi connectivity index (χ0v) is 13.0. The molecule has 2 atom stereocenters. The summed E-state index contributed by atoms with van der Waals surface area (Å²) in [6, 6.07) is 12.5. The number of hydrogen-bond donors (Lipinski definition) is 1. The number of piperidine rings is 1. The first-order valence-electron chi connectivity index (χ1n) is 7.07. The molecule has 1 fully saturated rings. The Balaban J connectivity index is 2.02. The average molecular weight is 324 g/mol. The number of halogens is 3. The molecule has 1 aliphatic rings. The first kappa shape index (κ1) is 14.8. The smallest absolute Gasteiger partial charge is 0.126 e. The van der Waals surface area contributed by atoms with Crippen LogP contribution in [-0.2, 0) is 0 Å². The van der Waals surface area contributed by atoms with Crippen molar-refractivity contribution in [1.82, 2.24) is 5.32 Å². The van der Waals surface area contributed by atoms with E-state index in [2.05, 4.69) is 5.32 Å². The minimum Gasteiger partial charge on any atom is -0.316 e. The summed E-state index contributed by atoms with van der Waals surface area (Å²) in [4.78, 5) is 0. The zero-order valence-electron chi connectivity index (χ0n) is 11.5. The second kappa shape index (κ2) is 6.35. The standard InChI is InChI=1S/C17H16Cl2FN/c18-11-5-6-16(19)14(9-11)12-7-8-21-10-15(12)13-3-1-2-4-17(13)20/h1-6,9,12,15,21H,7-8,10H2. The van der Waals surface area contributed by atoms with Gasteiger partial charge < -0.3 is 5.32 Å². The maximum atomic E-state index is 14.2. The molecule has 0 bridgehead atoms. The molecular weight excluding hydrogens is 308 g/mol. The van der Waals surface area contributed by atoms with Gasteiger partial charge in [-0.2, -0.15) is 0 Å². The predicted molar refractivity (Wildman–Crippen MR) is 85.8 cm³/mol. The van der Waals surface area contributed by atoms with Crippen molar-refractivity contribution in [3.05, 3.63) is 69.5 Å². The Hall–Kier alpha value is -1.09. The van der Waals surface area contributed by atoms with Gasteiger partial charge in [-0.1, -0.05) is 41.4 Å². The fourth-order valence-corrected chi connectivity index (χ4v) is 3.57. The summed E-state index contributed by atoms with van der Waals surface area (Å²) in [6.45, 7) is 1.65. The Bertz CT molecular complexity index is 644. The van der Waals surface area contributed by atoms with Crippen LogP contribution in [0.5, 0.6) is 0 Å². The lowest BCUT2D eigenvalue weighted by Gasteiger charge is -2.33. The highest BCUT2D eigenvalue weighted by Gasteiger charge is 2.30. The van der Waals surface area contributed by atoms with Gasteiger partial charge in [-0.3, -0.25) is 0 Å². The molecular formula is C17H16Cl2FN. The number of hydrogen-bond acceptors (Lipinski definition) is 1. The van der Waals surface area contributed by atoms with Gasteiger partial charge in [0.05, 0.1) is 0 Å². The maximum Gasteiger partial charge on any atom is 0.126 e. The van der Waals surface area contributed by atoms with E-state index in [0.29, 0.717) is 10.0 Å². The third-order valence-electron chi connectivity index (χ3n) is 4.14. The highest BCUT2D eigenvalue weighted by Crippen LogP contribution is 2.41. The molecule has 1 heterocycles. The normalized spacial score (nSPS) is 22.2. The molecule has 0 aliphatic carbocycles. The lowest BCUT2D eigenvalue weighted by atomic mass is 9.77. The fourth-order valence-electron chi connectivity index (χ4n) is 3.13. The molecule has 0 radical (unpaired) electrons. The summed E-state index contributed by atoms with van der Waals surface area (Å²) in [7, 11) is 0. The SMILES string of the molecule is Fc1ccccc1C1CNCCC1c1cc(Cl)ccc1Cl. The maximum absolute atomic E-state index is 14.2. The largest absolute Gasteiger partial charge is 0.316 e. The number of nitrogens with one attached hydrogen (secondary N) is 1. The predicted octanol–water partition coefficient (Wildman–Crippen LogP) is 4.99. The molecule has 0 amide bonds. The van der Waals surface area contributed by atoms with Gasteiger partial charge >= 0.3 is 0 Å². The van der Waals surface area contributed by atoms with Crippen LogP contribution in [0.4, 0.5) is 4.39 Å². The van der Waals surface area contributed by atoms with Gasteiger partial charge in [0, 0.05) is 22.5 Å². The molecule has 1 saturated heterocycles. The van der Waals surface area contributed by atoms with Crippen LogP contribution >= 0.6 is 23.2 Å². The number of benzene rings is 2. The molecule has 1 N–H and O–H groups in total. The van der Waals surface area contributed by atoms with E-state index in [9.17, 15) is 4.39 Å². The Morgan fingerprint density at radius 3 is 2.62 bits per heavy atom. The van der Waals surface area contributed by atoms with Gasteiger partial charge in [-0.05, 0) is 54.3 Å². The summed E-state index contributed by atoms with van der Waals surface area (Å²) < 4.78 is 14.2. The van der Waals surface area contributed by atoms with Gasteiger partial charge in [0.15, 0.2) is 0 Å². The zero-order chi connectivity index (χ0) is 14.8. The minimum atomic E-state index is -0.158. The van der Waals surface area contributed by atoms with Crippen molar-refractivity contribution in [2.24, 2.45) is 0 Å². The Morgan fingerprint density at radius 2 is 1.81 bits per heavy atom. The van der Waals surface area contributed by atoms with Crippen LogP contribution < -0.4 is 5.32 Å². The molecule has 2 aromatic carbocycles. The summed E-state index contributed by atoms with van der Waals surface area (Å²) in [5.41, 5.74) is 1.75. The van der Waals surface area contributed by atoms with Gasteiger partial charge in [-0.15, -0.1) is 0 Å². The van der Waals surface area contributed by atoms with Crippen LogP contribution in [0, 0.1) is 5.82 Å². The van der Waals surface area contributed by atoms with E-state index in [0.717, 1.165) is 30.6 Å². The first-order chi connectivity index (χ1) is 10.2. The molecule has 3 rings (SSSR count). The Morgan fingerprint density at radius 1 is 1.00 bits per heavy atom. The molecule has 2 aromatic rings. The van der Waals surface area contributed by atoms with Crippen molar-refractivity contribution < 1.29 is 4.39 Å². The van der Waals surface area contributed by atoms with E-state index in [1.807, 2.05) is 24.3 Å².